The molecule has 4 aromatic rings. The first-order chi connectivity index (χ1) is 17.5. The van der Waals surface area contributed by atoms with Crippen LogP contribution in [0.1, 0.15) is 64.1 Å². The van der Waals surface area contributed by atoms with Crippen molar-refractivity contribution in [2.24, 2.45) is 0 Å². The Kier molecular flexibility index (Phi) is 5.85. The summed E-state index contributed by atoms with van der Waals surface area (Å²) >= 11 is 1.78. The quantitative estimate of drug-likeness (QED) is 0.355. The van der Waals surface area contributed by atoms with E-state index in [2.05, 4.69) is 22.4 Å². The van der Waals surface area contributed by atoms with Gasteiger partial charge in [-0.3, -0.25) is 9.78 Å². The molecule has 7 nitrogen and oxygen atoms in total. The van der Waals surface area contributed by atoms with Crippen molar-refractivity contribution in [1.29, 1.82) is 0 Å². The molecule has 1 fully saturated rings. The van der Waals surface area contributed by atoms with Crippen molar-refractivity contribution in [2.75, 3.05) is 7.11 Å². The number of pyridine rings is 2. The molecule has 0 saturated heterocycles. The number of carboxylic acids is 1. The van der Waals surface area contributed by atoms with Crippen molar-refractivity contribution in [3.05, 3.63) is 80.7 Å². The van der Waals surface area contributed by atoms with Crippen LogP contribution < -0.4 is 15.5 Å². The Labute approximate surface area is 212 Å². The summed E-state index contributed by atoms with van der Waals surface area (Å²) in [6, 6.07) is 10.4. The first-order valence-corrected chi connectivity index (χ1v) is 13.1. The average molecular weight is 502 g/mol. The Morgan fingerprint density at radius 3 is 2.86 bits per heavy atom. The summed E-state index contributed by atoms with van der Waals surface area (Å²) in [6.07, 6.45) is 10.4. The molecule has 1 saturated carbocycles. The monoisotopic (exact) mass is 501 g/mol. The number of aromatic carboxylic acids is 1. The van der Waals surface area contributed by atoms with Crippen molar-refractivity contribution in [3.8, 4) is 16.2 Å². The summed E-state index contributed by atoms with van der Waals surface area (Å²) in [5.41, 5.74) is 3.45. The fraction of sp³-hybridized carbons (Fsp3) is 0.321. The second-order valence-corrected chi connectivity index (χ2v) is 10.7. The van der Waals surface area contributed by atoms with E-state index in [9.17, 15) is 14.7 Å². The molecular weight excluding hydrogens is 474 g/mol. The normalized spacial score (nSPS) is 17.2. The van der Waals surface area contributed by atoms with Crippen LogP contribution >= 0.6 is 11.3 Å². The van der Waals surface area contributed by atoms with Crippen LogP contribution in [0.3, 0.4) is 0 Å². The molecule has 184 valence electrons. The molecular formula is C28H27N3O4S. The molecule has 8 heteroatoms. The summed E-state index contributed by atoms with van der Waals surface area (Å²) in [7, 11) is 1.62. The summed E-state index contributed by atoms with van der Waals surface area (Å²) < 4.78 is 7.87. The zero-order valence-electron chi connectivity index (χ0n) is 20.0. The highest BCUT2D eigenvalue weighted by Crippen LogP contribution is 2.46. The number of thiophene rings is 1. The Hall–Kier alpha value is -3.49. The van der Waals surface area contributed by atoms with E-state index in [0.717, 1.165) is 54.7 Å². The van der Waals surface area contributed by atoms with Gasteiger partial charge in [0.2, 0.25) is 5.43 Å². The van der Waals surface area contributed by atoms with Crippen molar-refractivity contribution in [1.82, 2.24) is 14.9 Å². The maximum absolute atomic E-state index is 13.0. The number of aromatic nitrogens is 2. The number of carbonyl (C=O) groups is 1. The van der Waals surface area contributed by atoms with Crippen molar-refractivity contribution in [2.45, 2.75) is 50.7 Å². The highest BCUT2D eigenvalue weighted by molar-refractivity contribution is 7.15. The van der Waals surface area contributed by atoms with Crippen LogP contribution in [0.25, 0.3) is 21.3 Å². The summed E-state index contributed by atoms with van der Waals surface area (Å²) in [5, 5.41) is 13.7. The van der Waals surface area contributed by atoms with Gasteiger partial charge >= 0.3 is 5.97 Å². The van der Waals surface area contributed by atoms with Gasteiger partial charge in [-0.05, 0) is 67.5 Å². The number of ether oxygens (including phenoxy) is 1. The molecule has 2 aliphatic rings. The van der Waals surface area contributed by atoms with Gasteiger partial charge in [0.15, 0.2) is 5.75 Å². The predicted molar refractivity (Wildman–Crippen MR) is 140 cm³/mol. The van der Waals surface area contributed by atoms with E-state index in [4.69, 9.17) is 4.74 Å². The minimum absolute atomic E-state index is 0.188. The molecule has 0 radical (unpaired) electrons. The highest BCUT2D eigenvalue weighted by Gasteiger charge is 2.30. The molecule has 36 heavy (non-hydrogen) atoms. The Morgan fingerprint density at radius 1 is 1.28 bits per heavy atom. The first-order valence-electron chi connectivity index (χ1n) is 12.3. The molecule has 0 aliphatic heterocycles. The maximum atomic E-state index is 13.0. The van der Waals surface area contributed by atoms with E-state index in [1.807, 2.05) is 22.9 Å². The summed E-state index contributed by atoms with van der Waals surface area (Å²) in [4.78, 5) is 31.4. The van der Waals surface area contributed by atoms with E-state index < -0.39 is 11.4 Å². The van der Waals surface area contributed by atoms with E-state index in [0.29, 0.717) is 16.7 Å². The minimum atomic E-state index is -1.20. The smallest absolute Gasteiger partial charge is 0.341 e. The van der Waals surface area contributed by atoms with E-state index in [1.54, 1.807) is 30.7 Å². The number of aryl methyl sites for hydroxylation is 1. The highest BCUT2D eigenvalue weighted by atomic mass is 32.1. The van der Waals surface area contributed by atoms with E-state index >= 15 is 0 Å². The van der Waals surface area contributed by atoms with Gasteiger partial charge in [-0.25, -0.2) is 4.79 Å². The van der Waals surface area contributed by atoms with Crippen LogP contribution in [0.5, 0.6) is 5.75 Å². The lowest BCUT2D eigenvalue weighted by Gasteiger charge is -2.23. The maximum Gasteiger partial charge on any atom is 0.341 e. The number of nitrogens with one attached hydrogen (secondary N) is 1. The molecule has 1 atom stereocenters. The largest absolute Gasteiger partial charge is 0.494 e. The predicted octanol–water partition coefficient (Wildman–Crippen LogP) is 5.33. The second kappa shape index (κ2) is 9.19. The molecule has 2 N–H and O–H groups in total. The molecule has 3 heterocycles. The standard InChI is InChI=1S/C28H27N3O4S/c1-35-27-18(9-10-19-25(27)31(17-7-8-17)15-21(26(19)32)28(33)34)24-12-20-22(5-2-6-23(20)36-24)30-14-16-4-3-11-29-13-16/h3-4,9-13,15,17,22,30H,2,5-8,14H2,1H3,(H,33,34). The average Bonchev–Trinajstić information content (AvgIpc) is 3.65. The van der Waals surface area contributed by atoms with Crippen molar-refractivity contribution < 1.29 is 14.6 Å². The van der Waals surface area contributed by atoms with Crippen LogP contribution in [0.4, 0.5) is 0 Å². The van der Waals surface area contributed by atoms with Crippen LogP contribution in [0.15, 0.2) is 53.7 Å². The van der Waals surface area contributed by atoms with Gasteiger partial charge in [0.1, 0.15) is 5.56 Å². The van der Waals surface area contributed by atoms with Gasteiger partial charge in [0.25, 0.3) is 0 Å². The molecule has 3 aromatic heterocycles. The van der Waals surface area contributed by atoms with Crippen molar-refractivity contribution in [3.63, 3.8) is 0 Å². The van der Waals surface area contributed by atoms with Crippen LogP contribution in [-0.2, 0) is 13.0 Å². The Balaban J connectivity index is 1.43. The molecule has 0 bridgehead atoms. The molecule has 1 unspecified atom stereocenters. The van der Waals surface area contributed by atoms with Gasteiger partial charge in [-0.2, -0.15) is 0 Å². The summed E-state index contributed by atoms with van der Waals surface area (Å²) in [6.45, 7) is 0.766. The number of fused-ring (bicyclic) bond motifs is 2. The van der Waals surface area contributed by atoms with Gasteiger partial charge < -0.3 is 19.7 Å². The van der Waals surface area contributed by atoms with Gasteiger partial charge in [-0.15, -0.1) is 11.3 Å². The third kappa shape index (κ3) is 4.00. The number of methoxy groups -OCH3 is 1. The lowest BCUT2D eigenvalue weighted by molar-refractivity contribution is 0.0695. The number of nitrogens with zero attached hydrogens (tertiary/aromatic N) is 2. The van der Waals surface area contributed by atoms with Gasteiger partial charge in [-0.1, -0.05) is 6.07 Å². The lowest BCUT2D eigenvalue weighted by atomic mass is 9.93. The SMILES string of the molecule is COc1c(-c2cc3c(s2)CCCC3NCc2cccnc2)ccc2c(=O)c(C(=O)O)cn(C3CC3)c12. The van der Waals surface area contributed by atoms with Gasteiger partial charge in [0, 0.05) is 52.5 Å². The Bertz CT molecular complexity index is 1520. The number of hydrogen-bond acceptors (Lipinski definition) is 6. The van der Waals surface area contributed by atoms with E-state index in [-0.39, 0.29) is 17.6 Å². The lowest BCUT2D eigenvalue weighted by Crippen LogP contribution is -2.23. The number of carboxylic acid groups (broad SMARTS) is 1. The molecule has 6 rings (SSSR count). The topological polar surface area (TPSA) is 93.4 Å². The summed E-state index contributed by atoms with van der Waals surface area (Å²) in [5.74, 6) is -0.568. The third-order valence-corrected chi connectivity index (χ3v) is 8.42. The van der Waals surface area contributed by atoms with Gasteiger partial charge in [0.05, 0.1) is 18.0 Å². The van der Waals surface area contributed by atoms with Crippen LogP contribution in [-0.4, -0.2) is 27.7 Å². The molecule has 0 spiro atoms. The number of benzene rings is 1. The zero-order valence-corrected chi connectivity index (χ0v) is 20.8. The third-order valence-electron chi connectivity index (χ3n) is 7.18. The second-order valence-electron chi connectivity index (χ2n) is 9.53. The van der Waals surface area contributed by atoms with Crippen LogP contribution in [0, 0.1) is 0 Å². The van der Waals surface area contributed by atoms with E-state index in [1.165, 1.54) is 16.6 Å². The van der Waals surface area contributed by atoms with Crippen molar-refractivity contribution >= 4 is 28.2 Å². The Morgan fingerprint density at radius 2 is 2.14 bits per heavy atom. The molecule has 0 amide bonds. The van der Waals surface area contributed by atoms with Crippen LogP contribution in [0.2, 0.25) is 0 Å². The number of hydrogen-bond donors (Lipinski definition) is 2. The minimum Gasteiger partial charge on any atom is -0.494 e. The fourth-order valence-corrected chi connectivity index (χ4v) is 6.54. The first kappa shape index (κ1) is 22.9. The molecule has 1 aromatic carbocycles. The fourth-order valence-electron chi connectivity index (χ4n) is 5.26. The molecule has 2 aliphatic carbocycles. The number of rotatable bonds is 7. The zero-order chi connectivity index (χ0) is 24.8.